The summed E-state index contributed by atoms with van der Waals surface area (Å²) in [5.41, 5.74) is -2.64. The van der Waals surface area contributed by atoms with Gasteiger partial charge in [0.15, 0.2) is 5.78 Å². The Hall–Kier alpha value is -3.21. The summed E-state index contributed by atoms with van der Waals surface area (Å²) in [6.07, 6.45) is -4.83. The average molecular weight is 494 g/mol. The van der Waals surface area contributed by atoms with E-state index in [4.69, 9.17) is 32.7 Å². The molecule has 0 bridgehead atoms. The Morgan fingerprint density at radius 3 is 2.15 bits per heavy atom. The number of rotatable bonds is 8. The monoisotopic (exact) mass is 493 g/mol. The van der Waals surface area contributed by atoms with E-state index < -0.39 is 23.1 Å². The lowest BCUT2D eigenvalue weighted by molar-refractivity contribution is -0.137. The van der Waals surface area contributed by atoms with Gasteiger partial charge in [0.2, 0.25) is 0 Å². The first-order valence-electron chi connectivity index (χ1n) is 9.60. The number of hydrogen-bond acceptors (Lipinski definition) is 4. The second-order valence-corrected chi connectivity index (χ2v) is 7.67. The largest absolute Gasteiger partial charge is 0.492 e. The molecular weight excluding hydrogens is 478 g/mol. The van der Waals surface area contributed by atoms with Crippen molar-refractivity contribution < 1.29 is 27.4 Å². The van der Waals surface area contributed by atoms with E-state index in [1.165, 1.54) is 6.07 Å². The number of nitriles is 1. The highest BCUT2D eigenvalue weighted by atomic mass is 35.5. The normalized spacial score (nSPS) is 13.0. The van der Waals surface area contributed by atoms with Crippen LogP contribution >= 0.6 is 23.2 Å². The molecule has 0 heterocycles. The van der Waals surface area contributed by atoms with E-state index in [-0.39, 0.29) is 34.6 Å². The minimum absolute atomic E-state index is 0.0215. The third-order valence-corrected chi connectivity index (χ3v) is 5.28. The highest BCUT2D eigenvalue weighted by Crippen LogP contribution is 2.36. The van der Waals surface area contributed by atoms with Gasteiger partial charge in [0.25, 0.3) is 5.60 Å². The van der Waals surface area contributed by atoms with Gasteiger partial charge >= 0.3 is 6.18 Å². The quantitative estimate of drug-likeness (QED) is 0.344. The average Bonchev–Trinajstić information content (AvgIpc) is 2.79. The molecule has 0 aliphatic rings. The number of nitrogens with zero attached hydrogens (tertiary/aromatic N) is 1. The molecule has 33 heavy (non-hydrogen) atoms. The molecule has 0 radical (unpaired) electrons. The standard InChI is InChI=1S/C24H16Cl2F3NO3/c25-18-8-4-5-9-21(18)33-23(15-30,16-6-2-1-3-7-16)22(31)12-13-32-20-11-10-17(14-19(20)26)24(27,28)29/h1-11,14H,12-13H2. The van der Waals surface area contributed by atoms with Crippen LogP contribution in [0.15, 0.2) is 72.8 Å². The lowest BCUT2D eigenvalue weighted by atomic mass is 9.89. The van der Waals surface area contributed by atoms with E-state index in [2.05, 4.69) is 0 Å². The van der Waals surface area contributed by atoms with Crippen molar-refractivity contribution in [1.82, 2.24) is 0 Å². The van der Waals surface area contributed by atoms with Gasteiger partial charge in [-0.2, -0.15) is 18.4 Å². The SMILES string of the molecule is N#CC(Oc1ccccc1Cl)(C(=O)CCOc1ccc(C(F)(F)F)cc1Cl)c1ccccc1. The molecule has 0 aliphatic heterocycles. The number of ketones is 1. The first kappa shape index (κ1) is 24.4. The van der Waals surface area contributed by atoms with Crippen LogP contribution in [-0.4, -0.2) is 12.4 Å². The second kappa shape index (κ2) is 10.2. The smallest absolute Gasteiger partial charge is 0.416 e. The van der Waals surface area contributed by atoms with Crippen LogP contribution in [0.1, 0.15) is 17.5 Å². The van der Waals surface area contributed by atoms with Crippen LogP contribution in [0.5, 0.6) is 11.5 Å². The first-order valence-corrected chi connectivity index (χ1v) is 10.4. The molecule has 0 saturated carbocycles. The van der Waals surface area contributed by atoms with Crippen molar-refractivity contribution in [2.75, 3.05) is 6.61 Å². The van der Waals surface area contributed by atoms with E-state index in [0.717, 1.165) is 18.2 Å². The summed E-state index contributed by atoms with van der Waals surface area (Å²) in [4.78, 5) is 13.2. The van der Waals surface area contributed by atoms with Gasteiger partial charge < -0.3 is 9.47 Å². The van der Waals surface area contributed by atoms with E-state index >= 15 is 0 Å². The number of para-hydroxylation sites is 1. The molecule has 1 unspecified atom stereocenters. The molecule has 3 aromatic carbocycles. The van der Waals surface area contributed by atoms with Crippen molar-refractivity contribution in [3.63, 3.8) is 0 Å². The molecule has 0 spiro atoms. The van der Waals surface area contributed by atoms with E-state index in [1.807, 2.05) is 6.07 Å². The fourth-order valence-electron chi connectivity index (χ4n) is 3.02. The number of benzene rings is 3. The van der Waals surface area contributed by atoms with Gasteiger partial charge in [-0.15, -0.1) is 0 Å². The van der Waals surface area contributed by atoms with Crippen LogP contribution in [0.2, 0.25) is 10.0 Å². The number of hydrogen-bond donors (Lipinski definition) is 0. The van der Waals surface area contributed by atoms with Crippen molar-refractivity contribution >= 4 is 29.0 Å². The van der Waals surface area contributed by atoms with Crippen LogP contribution in [0.4, 0.5) is 13.2 Å². The van der Waals surface area contributed by atoms with Crippen molar-refractivity contribution in [2.24, 2.45) is 0 Å². The Labute approximate surface area is 198 Å². The molecule has 0 aromatic heterocycles. The fourth-order valence-corrected chi connectivity index (χ4v) is 3.43. The molecule has 9 heteroatoms. The molecule has 0 aliphatic carbocycles. The summed E-state index contributed by atoms with van der Waals surface area (Å²) < 4.78 is 49.7. The van der Waals surface area contributed by atoms with Gasteiger partial charge in [-0.1, -0.05) is 65.7 Å². The third kappa shape index (κ3) is 5.59. The van der Waals surface area contributed by atoms with Crippen molar-refractivity contribution in [2.45, 2.75) is 18.2 Å². The topological polar surface area (TPSA) is 59.3 Å². The Kier molecular flexibility index (Phi) is 7.52. The number of carbonyl (C=O) groups is 1. The molecule has 0 saturated heterocycles. The Morgan fingerprint density at radius 1 is 0.879 bits per heavy atom. The van der Waals surface area contributed by atoms with Gasteiger partial charge in [-0.25, -0.2) is 0 Å². The Morgan fingerprint density at radius 2 is 1.55 bits per heavy atom. The maximum Gasteiger partial charge on any atom is 0.416 e. The number of alkyl halides is 3. The minimum Gasteiger partial charge on any atom is -0.492 e. The van der Waals surface area contributed by atoms with Gasteiger partial charge in [-0.05, 0) is 30.3 Å². The van der Waals surface area contributed by atoms with Gasteiger partial charge in [0.05, 0.1) is 22.2 Å². The molecular formula is C24H16Cl2F3NO3. The molecule has 0 fully saturated rings. The Balaban J connectivity index is 1.82. The van der Waals surface area contributed by atoms with Crippen molar-refractivity contribution in [3.8, 4) is 17.6 Å². The van der Waals surface area contributed by atoms with Gasteiger partial charge in [0, 0.05) is 12.0 Å². The number of halogens is 5. The summed E-state index contributed by atoms with van der Waals surface area (Å²) in [5.74, 6) is -0.504. The molecule has 1 atom stereocenters. The molecule has 3 aromatic rings. The highest BCUT2D eigenvalue weighted by Gasteiger charge is 2.43. The van der Waals surface area contributed by atoms with E-state index in [9.17, 15) is 23.2 Å². The van der Waals surface area contributed by atoms with E-state index in [0.29, 0.717) is 5.56 Å². The van der Waals surface area contributed by atoms with Crippen LogP contribution < -0.4 is 9.47 Å². The predicted octanol–water partition coefficient (Wildman–Crippen LogP) is 6.85. The van der Waals surface area contributed by atoms with Crippen LogP contribution in [0, 0.1) is 11.3 Å². The van der Waals surface area contributed by atoms with Crippen LogP contribution in [-0.2, 0) is 16.6 Å². The lowest BCUT2D eigenvalue weighted by Crippen LogP contribution is -2.41. The summed E-state index contributed by atoms with van der Waals surface area (Å²) in [5, 5.41) is 9.98. The second-order valence-electron chi connectivity index (χ2n) is 6.86. The maximum atomic E-state index is 13.2. The minimum atomic E-state index is -4.55. The zero-order valence-corrected chi connectivity index (χ0v) is 18.4. The molecule has 0 amide bonds. The molecule has 0 N–H and O–H groups in total. The zero-order valence-electron chi connectivity index (χ0n) is 16.9. The molecule has 170 valence electrons. The fraction of sp³-hybridized carbons (Fsp3) is 0.167. The number of carbonyl (C=O) groups excluding carboxylic acids is 1. The third-order valence-electron chi connectivity index (χ3n) is 4.68. The number of ether oxygens (including phenoxy) is 2. The molecule has 4 nitrogen and oxygen atoms in total. The first-order chi connectivity index (χ1) is 15.7. The summed E-state index contributed by atoms with van der Waals surface area (Å²) >= 11 is 12.0. The Bertz CT molecular complexity index is 1180. The van der Waals surface area contributed by atoms with Crippen LogP contribution in [0.25, 0.3) is 0 Å². The summed E-state index contributed by atoms with van der Waals surface area (Å²) in [6, 6.07) is 19.2. The predicted molar refractivity (Wildman–Crippen MR) is 117 cm³/mol. The van der Waals surface area contributed by atoms with Crippen molar-refractivity contribution in [3.05, 3.63) is 94.0 Å². The summed E-state index contributed by atoms with van der Waals surface area (Å²) in [7, 11) is 0. The van der Waals surface area contributed by atoms with E-state index in [1.54, 1.807) is 48.5 Å². The number of Topliss-reactive ketones (excluding diaryl/α,β-unsaturated/α-hetero) is 1. The lowest BCUT2D eigenvalue weighted by Gasteiger charge is -2.27. The van der Waals surface area contributed by atoms with Crippen molar-refractivity contribution in [1.29, 1.82) is 5.26 Å². The van der Waals surface area contributed by atoms with Gasteiger partial charge in [0.1, 0.15) is 17.6 Å². The zero-order chi connectivity index (χ0) is 24.1. The van der Waals surface area contributed by atoms with Gasteiger partial charge in [-0.3, -0.25) is 4.79 Å². The maximum absolute atomic E-state index is 13.2. The molecule has 3 rings (SSSR count). The summed E-state index contributed by atoms with van der Waals surface area (Å²) in [6.45, 7) is -0.244. The highest BCUT2D eigenvalue weighted by molar-refractivity contribution is 6.32. The van der Waals surface area contributed by atoms with Crippen LogP contribution in [0.3, 0.4) is 0 Å².